The zero-order chi connectivity index (χ0) is 12.9. The quantitative estimate of drug-likeness (QED) is 0.782. The van der Waals surface area contributed by atoms with E-state index >= 15 is 0 Å². The van der Waals surface area contributed by atoms with E-state index in [2.05, 4.69) is 12.2 Å². The lowest BCUT2D eigenvalue weighted by atomic mass is 10.2. The molecular formula is C12H23F3N2. The maximum absolute atomic E-state index is 12.1. The smallest absolute Gasteiger partial charge is 0.314 e. The monoisotopic (exact) mass is 252 g/mol. The Labute approximate surface area is 102 Å². The minimum atomic E-state index is -4.03. The summed E-state index contributed by atoms with van der Waals surface area (Å²) in [6, 6.07) is 0.806. The predicted molar refractivity (Wildman–Crippen MR) is 63.0 cm³/mol. The van der Waals surface area contributed by atoms with Crippen molar-refractivity contribution in [1.29, 1.82) is 0 Å². The molecule has 1 aliphatic carbocycles. The maximum atomic E-state index is 12.1. The number of halogens is 3. The van der Waals surface area contributed by atoms with E-state index in [9.17, 15) is 13.2 Å². The van der Waals surface area contributed by atoms with Crippen LogP contribution in [0.2, 0.25) is 0 Å². The highest BCUT2D eigenvalue weighted by Gasteiger charge is 2.31. The zero-order valence-corrected chi connectivity index (χ0v) is 10.7. The Balaban J connectivity index is 2.23. The second kappa shape index (κ2) is 6.59. The first-order valence-corrected chi connectivity index (χ1v) is 6.42. The number of hydrogen-bond donors (Lipinski definition) is 1. The second-order valence-corrected chi connectivity index (χ2v) is 4.96. The van der Waals surface area contributed by atoms with Gasteiger partial charge in [-0.15, -0.1) is 0 Å². The number of rotatable bonds is 6. The number of nitrogens with zero attached hydrogens (tertiary/aromatic N) is 1. The molecule has 0 aromatic rings. The molecule has 0 amide bonds. The molecule has 5 heteroatoms. The molecule has 17 heavy (non-hydrogen) atoms. The van der Waals surface area contributed by atoms with Gasteiger partial charge >= 0.3 is 6.18 Å². The topological polar surface area (TPSA) is 15.3 Å². The minimum Gasteiger partial charge on any atom is -0.314 e. The van der Waals surface area contributed by atoms with Crippen molar-refractivity contribution in [2.45, 2.75) is 57.3 Å². The molecule has 2 nitrogen and oxygen atoms in total. The first-order chi connectivity index (χ1) is 7.92. The summed E-state index contributed by atoms with van der Waals surface area (Å²) >= 11 is 0. The van der Waals surface area contributed by atoms with Crippen LogP contribution in [0, 0.1) is 0 Å². The van der Waals surface area contributed by atoms with Crippen LogP contribution >= 0.6 is 0 Å². The highest BCUT2D eigenvalue weighted by molar-refractivity contribution is 4.85. The summed E-state index contributed by atoms with van der Waals surface area (Å²) in [7, 11) is 1.80. The third kappa shape index (κ3) is 5.73. The average Bonchev–Trinajstić information content (AvgIpc) is 2.70. The number of alkyl halides is 3. The van der Waals surface area contributed by atoms with Crippen molar-refractivity contribution < 1.29 is 13.2 Å². The summed E-state index contributed by atoms with van der Waals surface area (Å²) in [4.78, 5) is 1.86. The molecule has 1 N–H and O–H groups in total. The molecule has 1 fully saturated rings. The van der Waals surface area contributed by atoms with Gasteiger partial charge in [0.15, 0.2) is 0 Å². The minimum absolute atomic E-state index is 0.120. The largest absolute Gasteiger partial charge is 0.390 e. The Bertz CT molecular complexity index is 218. The second-order valence-electron chi connectivity index (χ2n) is 4.96. The molecule has 0 aromatic heterocycles. The molecule has 0 saturated heterocycles. The zero-order valence-electron chi connectivity index (χ0n) is 10.7. The Hall–Kier alpha value is -0.290. The summed E-state index contributed by atoms with van der Waals surface area (Å²) in [6.45, 7) is 3.24. The molecule has 1 aliphatic rings. The molecule has 1 rings (SSSR count). The average molecular weight is 252 g/mol. The van der Waals surface area contributed by atoms with Crippen molar-refractivity contribution >= 4 is 0 Å². The lowest BCUT2D eigenvalue weighted by Gasteiger charge is -2.25. The summed E-state index contributed by atoms with van der Waals surface area (Å²) in [6.07, 6.45) is -0.560. The van der Waals surface area contributed by atoms with Gasteiger partial charge in [-0.05, 0) is 39.3 Å². The number of nitrogens with one attached hydrogen (secondary N) is 1. The summed E-state index contributed by atoms with van der Waals surface area (Å²) in [5, 5.41) is 3.44. The van der Waals surface area contributed by atoms with Crippen LogP contribution in [0.5, 0.6) is 0 Å². The third-order valence-electron chi connectivity index (χ3n) is 3.46. The van der Waals surface area contributed by atoms with Crippen LogP contribution in [0.25, 0.3) is 0 Å². The van der Waals surface area contributed by atoms with E-state index in [4.69, 9.17) is 0 Å². The van der Waals surface area contributed by atoms with E-state index in [1.54, 1.807) is 7.05 Å². The van der Waals surface area contributed by atoms with Crippen LogP contribution in [0.3, 0.4) is 0 Å². The Kier molecular flexibility index (Phi) is 5.73. The van der Waals surface area contributed by atoms with Crippen LogP contribution in [0.1, 0.15) is 39.0 Å². The van der Waals surface area contributed by atoms with Crippen LogP contribution in [0.4, 0.5) is 13.2 Å². The van der Waals surface area contributed by atoms with E-state index in [0.29, 0.717) is 12.1 Å². The fourth-order valence-electron chi connectivity index (χ4n) is 2.38. The standard InChI is InChI=1S/C12H23F3N2/c1-3-7-16-10-4-5-11(9-10)17(2)8-6-12(13,14)15/h10-11,16H,3-9H2,1-2H3. The molecule has 0 heterocycles. The normalized spacial score (nSPS) is 25.8. The SMILES string of the molecule is CCCNC1CCC(N(C)CCC(F)(F)F)C1. The lowest BCUT2D eigenvalue weighted by molar-refractivity contribution is -0.138. The van der Waals surface area contributed by atoms with Gasteiger partial charge in [-0.3, -0.25) is 0 Å². The van der Waals surface area contributed by atoms with Gasteiger partial charge < -0.3 is 10.2 Å². The van der Waals surface area contributed by atoms with E-state index in [-0.39, 0.29) is 6.54 Å². The summed E-state index contributed by atoms with van der Waals surface area (Å²) in [5.41, 5.74) is 0. The Morgan fingerprint density at radius 1 is 1.29 bits per heavy atom. The molecule has 102 valence electrons. The van der Waals surface area contributed by atoms with Crippen LogP contribution in [-0.2, 0) is 0 Å². The molecule has 0 spiro atoms. The fourth-order valence-corrected chi connectivity index (χ4v) is 2.38. The molecule has 2 unspecified atom stereocenters. The Morgan fingerprint density at radius 3 is 2.59 bits per heavy atom. The molecule has 0 radical (unpaired) electrons. The van der Waals surface area contributed by atoms with Crippen molar-refractivity contribution in [3.63, 3.8) is 0 Å². The highest BCUT2D eigenvalue weighted by atomic mass is 19.4. The van der Waals surface area contributed by atoms with Crippen molar-refractivity contribution in [2.24, 2.45) is 0 Å². The molecule has 0 aliphatic heterocycles. The fraction of sp³-hybridized carbons (Fsp3) is 1.00. The first-order valence-electron chi connectivity index (χ1n) is 6.42. The summed E-state index contributed by atoms with van der Waals surface area (Å²) < 4.78 is 36.3. The van der Waals surface area contributed by atoms with Gasteiger partial charge in [0.2, 0.25) is 0 Å². The Morgan fingerprint density at radius 2 is 2.00 bits per heavy atom. The molecule has 0 aromatic carbocycles. The van der Waals surface area contributed by atoms with Crippen molar-refractivity contribution in [1.82, 2.24) is 10.2 Å². The van der Waals surface area contributed by atoms with Crippen LogP contribution < -0.4 is 5.32 Å². The third-order valence-corrected chi connectivity index (χ3v) is 3.46. The maximum Gasteiger partial charge on any atom is 0.390 e. The van der Waals surface area contributed by atoms with Crippen molar-refractivity contribution in [2.75, 3.05) is 20.1 Å². The van der Waals surface area contributed by atoms with E-state index in [0.717, 1.165) is 32.2 Å². The van der Waals surface area contributed by atoms with E-state index < -0.39 is 12.6 Å². The molecule has 1 saturated carbocycles. The molecule has 0 bridgehead atoms. The van der Waals surface area contributed by atoms with Crippen LogP contribution in [-0.4, -0.2) is 43.3 Å². The van der Waals surface area contributed by atoms with E-state index in [1.807, 2.05) is 4.90 Å². The summed E-state index contributed by atoms with van der Waals surface area (Å²) in [5.74, 6) is 0. The predicted octanol–water partition coefficient (Wildman–Crippen LogP) is 2.79. The van der Waals surface area contributed by atoms with Gasteiger partial charge in [-0.2, -0.15) is 13.2 Å². The van der Waals surface area contributed by atoms with Crippen LogP contribution in [0.15, 0.2) is 0 Å². The van der Waals surface area contributed by atoms with Gasteiger partial charge in [0.1, 0.15) is 0 Å². The van der Waals surface area contributed by atoms with Gasteiger partial charge in [-0.25, -0.2) is 0 Å². The lowest BCUT2D eigenvalue weighted by Crippen LogP contribution is -2.35. The van der Waals surface area contributed by atoms with Gasteiger partial charge in [-0.1, -0.05) is 6.92 Å². The van der Waals surface area contributed by atoms with Crippen molar-refractivity contribution in [3.8, 4) is 0 Å². The van der Waals surface area contributed by atoms with Gasteiger partial charge in [0.25, 0.3) is 0 Å². The number of hydrogen-bond acceptors (Lipinski definition) is 2. The van der Waals surface area contributed by atoms with E-state index in [1.165, 1.54) is 0 Å². The van der Waals surface area contributed by atoms with Gasteiger partial charge in [0, 0.05) is 18.6 Å². The molecular weight excluding hydrogens is 229 g/mol. The van der Waals surface area contributed by atoms with Gasteiger partial charge in [0.05, 0.1) is 6.42 Å². The van der Waals surface area contributed by atoms with Crippen molar-refractivity contribution in [3.05, 3.63) is 0 Å². The highest BCUT2D eigenvalue weighted by Crippen LogP contribution is 2.25. The molecule has 2 atom stereocenters. The first kappa shape index (κ1) is 14.8.